The third kappa shape index (κ3) is 1.80. The van der Waals surface area contributed by atoms with Crippen molar-refractivity contribution in [2.75, 3.05) is 7.05 Å². The molecule has 0 fully saturated rings. The summed E-state index contributed by atoms with van der Waals surface area (Å²) in [6.07, 6.45) is 0. The van der Waals surface area contributed by atoms with Crippen molar-refractivity contribution in [1.82, 2.24) is 5.01 Å². The molecule has 0 atom stereocenters. The predicted octanol–water partition coefficient (Wildman–Crippen LogP) is 2.25. The molecular formula is C10H24N2. The molecule has 0 radical (unpaired) electrons. The second-order valence-electron chi connectivity index (χ2n) is 5.05. The van der Waals surface area contributed by atoms with Crippen LogP contribution >= 0.6 is 0 Å². The van der Waals surface area contributed by atoms with E-state index in [0.29, 0.717) is 5.92 Å². The van der Waals surface area contributed by atoms with Crippen LogP contribution < -0.4 is 5.84 Å². The first-order valence-corrected chi connectivity index (χ1v) is 4.62. The molecule has 0 aliphatic rings. The number of hydrazine groups is 1. The summed E-state index contributed by atoms with van der Waals surface area (Å²) in [5.41, 5.74) is 0.248. The average Bonchev–Trinajstić information content (AvgIpc) is 1.86. The lowest BCUT2D eigenvalue weighted by Crippen LogP contribution is -2.57. The van der Waals surface area contributed by atoms with E-state index in [-0.39, 0.29) is 11.0 Å². The fourth-order valence-electron chi connectivity index (χ4n) is 1.16. The zero-order valence-electron chi connectivity index (χ0n) is 9.60. The molecule has 0 unspecified atom stereocenters. The van der Waals surface area contributed by atoms with Gasteiger partial charge in [-0.25, -0.2) is 5.01 Å². The molecule has 74 valence electrons. The molecule has 0 rings (SSSR count). The van der Waals surface area contributed by atoms with E-state index in [2.05, 4.69) is 41.5 Å². The fraction of sp³-hybridized carbons (Fsp3) is 1.00. The van der Waals surface area contributed by atoms with Crippen LogP contribution in [-0.2, 0) is 0 Å². The van der Waals surface area contributed by atoms with Crippen LogP contribution in [0.15, 0.2) is 0 Å². The Morgan fingerprint density at radius 3 is 1.50 bits per heavy atom. The van der Waals surface area contributed by atoms with Gasteiger partial charge in [-0.05, 0) is 25.2 Å². The van der Waals surface area contributed by atoms with Crippen molar-refractivity contribution in [3.63, 3.8) is 0 Å². The summed E-state index contributed by atoms with van der Waals surface area (Å²) < 4.78 is 0. The monoisotopic (exact) mass is 172 g/mol. The van der Waals surface area contributed by atoms with Crippen molar-refractivity contribution in [1.29, 1.82) is 0 Å². The molecule has 0 bridgehead atoms. The van der Waals surface area contributed by atoms with Crippen LogP contribution in [0.5, 0.6) is 0 Å². The summed E-state index contributed by atoms with van der Waals surface area (Å²) in [7, 11) is 1.93. The first kappa shape index (κ1) is 11.9. The molecule has 0 amide bonds. The Bertz CT molecular complexity index is 128. The van der Waals surface area contributed by atoms with Gasteiger partial charge in [0, 0.05) is 12.6 Å². The van der Waals surface area contributed by atoms with Crippen LogP contribution in [0.2, 0.25) is 0 Å². The molecule has 2 nitrogen and oxygen atoms in total. The Kier molecular flexibility index (Phi) is 3.32. The van der Waals surface area contributed by atoms with Crippen LogP contribution in [0, 0.1) is 11.3 Å². The van der Waals surface area contributed by atoms with Crippen molar-refractivity contribution in [2.45, 2.75) is 47.1 Å². The highest BCUT2D eigenvalue weighted by atomic mass is 15.4. The standard InChI is InChI=1S/C10H24N2/c1-8(2)9(3,4)10(5,6)12(7)11/h8H,11H2,1-7H3. The molecule has 0 heterocycles. The Morgan fingerprint density at radius 1 is 1.08 bits per heavy atom. The minimum absolute atomic E-state index is 0.0289. The molecule has 12 heavy (non-hydrogen) atoms. The Balaban J connectivity index is 4.75. The van der Waals surface area contributed by atoms with Crippen molar-refractivity contribution >= 4 is 0 Å². The topological polar surface area (TPSA) is 29.3 Å². The first-order chi connectivity index (χ1) is 5.14. The molecule has 0 aromatic rings. The maximum Gasteiger partial charge on any atom is 0.0345 e. The zero-order valence-corrected chi connectivity index (χ0v) is 9.60. The van der Waals surface area contributed by atoms with Gasteiger partial charge in [-0.15, -0.1) is 0 Å². The second-order valence-corrected chi connectivity index (χ2v) is 5.05. The van der Waals surface area contributed by atoms with Crippen molar-refractivity contribution in [2.24, 2.45) is 17.2 Å². The Labute approximate surface area is 77.1 Å². The van der Waals surface area contributed by atoms with Gasteiger partial charge < -0.3 is 0 Å². The van der Waals surface area contributed by atoms with E-state index in [9.17, 15) is 0 Å². The second kappa shape index (κ2) is 3.35. The summed E-state index contributed by atoms with van der Waals surface area (Å²) in [5, 5.41) is 1.81. The maximum atomic E-state index is 5.83. The quantitative estimate of drug-likeness (QED) is 0.522. The van der Waals surface area contributed by atoms with Gasteiger partial charge in [-0.1, -0.05) is 27.7 Å². The van der Waals surface area contributed by atoms with Crippen molar-refractivity contribution in [3.05, 3.63) is 0 Å². The van der Waals surface area contributed by atoms with Crippen LogP contribution in [0.4, 0.5) is 0 Å². The first-order valence-electron chi connectivity index (χ1n) is 4.62. The number of nitrogens with zero attached hydrogens (tertiary/aromatic N) is 1. The SMILES string of the molecule is CC(C)C(C)(C)C(C)(C)N(C)N. The molecule has 2 N–H and O–H groups in total. The molecule has 0 aliphatic carbocycles. The van der Waals surface area contributed by atoms with E-state index < -0.39 is 0 Å². The smallest absolute Gasteiger partial charge is 0.0345 e. The van der Waals surface area contributed by atoms with Crippen molar-refractivity contribution < 1.29 is 0 Å². The Hall–Kier alpha value is -0.0800. The predicted molar refractivity (Wildman–Crippen MR) is 54.6 cm³/mol. The van der Waals surface area contributed by atoms with Gasteiger partial charge in [0.1, 0.15) is 0 Å². The van der Waals surface area contributed by atoms with Crippen LogP contribution in [-0.4, -0.2) is 17.6 Å². The minimum atomic E-state index is 0.0289. The Morgan fingerprint density at radius 2 is 1.42 bits per heavy atom. The highest BCUT2D eigenvalue weighted by Crippen LogP contribution is 2.39. The number of hydrogen-bond acceptors (Lipinski definition) is 2. The summed E-state index contributed by atoms with van der Waals surface area (Å²) in [4.78, 5) is 0. The molecule has 0 spiro atoms. The molecule has 0 aromatic carbocycles. The van der Waals surface area contributed by atoms with E-state index in [1.165, 1.54) is 0 Å². The lowest BCUT2D eigenvalue weighted by molar-refractivity contribution is -0.00188. The average molecular weight is 172 g/mol. The molecular weight excluding hydrogens is 148 g/mol. The van der Waals surface area contributed by atoms with E-state index in [0.717, 1.165) is 0 Å². The van der Waals surface area contributed by atoms with Crippen LogP contribution in [0.1, 0.15) is 41.5 Å². The summed E-state index contributed by atoms with van der Waals surface area (Å²) >= 11 is 0. The minimum Gasteiger partial charge on any atom is -0.269 e. The molecule has 0 aliphatic heterocycles. The molecule has 0 saturated carbocycles. The van der Waals surface area contributed by atoms with Gasteiger partial charge in [0.05, 0.1) is 0 Å². The van der Waals surface area contributed by atoms with Crippen molar-refractivity contribution in [3.8, 4) is 0 Å². The van der Waals surface area contributed by atoms with Gasteiger partial charge in [-0.2, -0.15) is 0 Å². The molecule has 0 saturated heterocycles. The summed E-state index contributed by atoms with van der Waals surface area (Å²) in [6, 6.07) is 0. The zero-order chi connectivity index (χ0) is 10.2. The van der Waals surface area contributed by atoms with Gasteiger partial charge in [0.2, 0.25) is 0 Å². The van der Waals surface area contributed by atoms with E-state index >= 15 is 0 Å². The van der Waals surface area contributed by atoms with Gasteiger partial charge in [-0.3, -0.25) is 5.84 Å². The largest absolute Gasteiger partial charge is 0.269 e. The third-order valence-corrected chi connectivity index (χ3v) is 3.90. The van der Waals surface area contributed by atoms with E-state index in [1.54, 1.807) is 0 Å². The number of nitrogens with two attached hydrogens (primary N) is 1. The lowest BCUT2D eigenvalue weighted by Gasteiger charge is -2.48. The third-order valence-electron chi connectivity index (χ3n) is 3.90. The lowest BCUT2D eigenvalue weighted by atomic mass is 9.67. The highest BCUT2D eigenvalue weighted by Gasteiger charge is 2.41. The number of hydrogen-bond donors (Lipinski definition) is 1. The van der Waals surface area contributed by atoms with Gasteiger partial charge in [0.25, 0.3) is 0 Å². The summed E-state index contributed by atoms with van der Waals surface area (Å²) in [5.74, 6) is 6.45. The van der Waals surface area contributed by atoms with Crippen LogP contribution in [0.3, 0.4) is 0 Å². The van der Waals surface area contributed by atoms with E-state index in [4.69, 9.17) is 5.84 Å². The molecule has 2 heteroatoms. The maximum absolute atomic E-state index is 5.83. The van der Waals surface area contributed by atoms with E-state index in [1.807, 2.05) is 12.1 Å². The molecule has 0 aromatic heterocycles. The van der Waals surface area contributed by atoms with Gasteiger partial charge >= 0.3 is 0 Å². The van der Waals surface area contributed by atoms with Gasteiger partial charge in [0.15, 0.2) is 0 Å². The fourth-order valence-corrected chi connectivity index (χ4v) is 1.16. The van der Waals surface area contributed by atoms with Crippen LogP contribution in [0.25, 0.3) is 0 Å². The highest BCUT2D eigenvalue weighted by molar-refractivity contribution is 4.94. The number of rotatable bonds is 3. The summed E-state index contributed by atoms with van der Waals surface area (Å²) in [6.45, 7) is 13.4. The normalized spacial score (nSPS) is 14.5.